The molecule has 1 fully saturated rings. The topological polar surface area (TPSA) is 58.5 Å². The molecule has 1 saturated carbocycles. The number of hydrogen-bond acceptors (Lipinski definition) is 3. The van der Waals surface area contributed by atoms with Gasteiger partial charge in [-0.1, -0.05) is 0 Å². The molecule has 1 aromatic heterocycles. The monoisotopic (exact) mass is 418 g/mol. The Balaban J connectivity index is 0.00000242. The van der Waals surface area contributed by atoms with E-state index >= 15 is 0 Å². The predicted octanol–water partition coefficient (Wildman–Crippen LogP) is 2.95. The lowest BCUT2D eigenvalue weighted by atomic mass is 10.1. The predicted molar refractivity (Wildman–Crippen MR) is 101 cm³/mol. The lowest BCUT2D eigenvalue weighted by molar-refractivity contribution is 0.288. The summed E-state index contributed by atoms with van der Waals surface area (Å²) >= 11 is 0. The number of hydrogen-bond donors (Lipinski definition) is 2. The maximum absolute atomic E-state index is 5.70. The fourth-order valence-electron chi connectivity index (χ4n) is 1.85. The van der Waals surface area contributed by atoms with Crippen molar-refractivity contribution in [2.24, 2.45) is 10.9 Å². The normalized spacial score (nSPS) is 15.0. The number of nitrogens with one attached hydrogen (secondary N) is 2. The third-order valence-corrected chi connectivity index (χ3v) is 3.14. The Bertz CT molecular complexity index is 495. The van der Waals surface area contributed by atoms with Crippen LogP contribution in [-0.4, -0.2) is 30.1 Å². The number of halogens is 1. The molecule has 1 aliphatic rings. The highest BCUT2D eigenvalue weighted by Crippen LogP contribution is 2.29. The van der Waals surface area contributed by atoms with Gasteiger partial charge in [0.25, 0.3) is 0 Å². The van der Waals surface area contributed by atoms with Crippen molar-refractivity contribution in [3.05, 3.63) is 23.9 Å². The van der Waals surface area contributed by atoms with Gasteiger partial charge < -0.3 is 15.4 Å². The van der Waals surface area contributed by atoms with Crippen molar-refractivity contribution in [1.29, 1.82) is 0 Å². The van der Waals surface area contributed by atoms with E-state index in [0.29, 0.717) is 12.4 Å². The van der Waals surface area contributed by atoms with Crippen molar-refractivity contribution in [2.45, 2.75) is 45.7 Å². The van der Waals surface area contributed by atoms with Gasteiger partial charge in [0, 0.05) is 31.4 Å². The smallest absolute Gasteiger partial charge is 0.213 e. The van der Waals surface area contributed by atoms with Crippen molar-refractivity contribution in [3.8, 4) is 5.88 Å². The molecule has 0 spiro atoms. The molecular formula is C16H27IN4O. The van der Waals surface area contributed by atoms with Crippen molar-refractivity contribution in [1.82, 2.24) is 15.6 Å². The highest BCUT2D eigenvalue weighted by molar-refractivity contribution is 14.0. The highest BCUT2D eigenvalue weighted by Gasteiger charge is 2.22. The third kappa shape index (κ3) is 7.29. The van der Waals surface area contributed by atoms with Crippen LogP contribution in [0, 0.1) is 5.92 Å². The van der Waals surface area contributed by atoms with Crippen molar-refractivity contribution in [3.63, 3.8) is 0 Å². The maximum Gasteiger partial charge on any atom is 0.213 e. The SMILES string of the molecule is CN=C(NCc1ccnc(OCC2CC2)c1)NC(C)(C)C.I. The van der Waals surface area contributed by atoms with Crippen molar-refractivity contribution in [2.75, 3.05) is 13.7 Å². The first-order chi connectivity index (χ1) is 9.96. The van der Waals surface area contributed by atoms with E-state index in [1.54, 1.807) is 13.2 Å². The quantitative estimate of drug-likeness (QED) is 0.439. The largest absolute Gasteiger partial charge is 0.477 e. The van der Waals surface area contributed by atoms with Crippen LogP contribution in [0.4, 0.5) is 0 Å². The Morgan fingerprint density at radius 3 is 2.73 bits per heavy atom. The number of aliphatic imine (C=N–C) groups is 1. The minimum atomic E-state index is -0.0153. The summed E-state index contributed by atoms with van der Waals surface area (Å²) in [7, 11) is 1.78. The fraction of sp³-hybridized carbons (Fsp3) is 0.625. The molecule has 1 heterocycles. The molecule has 5 nitrogen and oxygen atoms in total. The highest BCUT2D eigenvalue weighted by atomic mass is 127. The molecule has 0 saturated heterocycles. The molecule has 22 heavy (non-hydrogen) atoms. The van der Waals surface area contributed by atoms with E-state index in [4.69, 9.17) is 4.74 Å². The number of pyridine rings is 1. The van der Waals surface area contributed by atoms with Gasteiger partial charge in [-0.15, -0.1) is 24.0 Å². The number of aromatic nitrogens is 1. The van der Waals surface area contributed by atoms with Gasteiger partial charge in [0.05, 0.1) is 6.61 Å². The van der Waals surface area contributed by atoms with Crippen molar-refractivity contribution >= 4 is 29.9 Å². The first-order valence-corrected chi connectivity index (χ1v) is 7.53. The molecule has 2 N–H and O–H groups in total. The average Bonchev–Trinajstić information content (AvgIpc) is 3.24. The molecule has 1 aliphatic carbocycles. The summed E-state index contributed by atoms with van der Waals surface area (Å²) in [6.45, 7) is 7.80. The second kappa shape index (κ2) is 8.55. The van der Waals surface area contributed by atoms with E-state index in [9.17, 15) is 0 Å². The van der Waals surface area contributed by atoms with Gasteiger partial charge in [-0.05, 0) is 51.2 Å². The number of guanidine groups is 1. The summed E-state index contributed by atoms with van der Waals surface area (Å²) < 4.78 is 5.70. The van der Waals surface area contributed by atoms with E-state index in [1.807, 2.05) is 12.1 Å². The Morgan fingerprint density at radius 2 is 2.14 bits per heavy atom. The van der Waals surface area contributed by atoms with E-state index < -0.39 is 0 Å². The van der Waals surface area contributed by atoms with Crippen LogP contribution in [0.5, 0.6) is 5.88 Å². The van der Waals surface area contributed by atoms with Gasteiger partial charge in [-0.25, -0.2) is 4.98 Å². The van der Waals surface area contributed by atoms with Crippen LogP contribution in [0.2, 0.25) is 0 Å². The number of ether oxygens (including phenoxy) is 1. The first kappa shape index (κ1) is 19.0. The second-order valence-electron chi connectivity index (χ2n) is 6.56. The summed E-state index contributed by atoms with van der Waals surface area (Å²) in [4.78, 5) is 8.48. The third-order valence-electron chi connectivity index (χ3n) is 3.14. The van der Waals surface area contributed by atoms with Crippen LogP contribution in [0.1, 0.15) is 39.2 Å². The average molecular weight is 418 g/mol. The first-order valence-electron chi connectivity index (χ1n) is 7.53. The number of nitrogens with zero attached hydrogens (tertiary/aromatic N) is 2. The summed E-state index contributed by atoms with van der Waals surface area (Å²) in [5.74, 6) is 2.24. The zero-order chi connectivity index (χ0) is 15.3. The molecule has 6 heteroatoms. The molecule has 2 rings (SSSR count). The second-order valence-corrected chi connectivity index (χ2v) is 6.56. The summed E-state index contributed by atoms with van der Waals surface area (Å²) in [5, 5.41) is 6.63. The van der Waals surface area contributed by atoms with Crippen LogP contribution in [0.3, 0.4) is 0 Å². The van der Waals surface area contributed by atoms with E-state index in [-0.39, 0.29) is 29.5 Å². The minimum Gasteiger partial charge on any atom is -0.477 e. The lowest BCUT2D eigenvalue weighted by Gasteiger charge is -2.23. The van der Waals surface area contributed by atoms with Crippen LogP contribution < -0.4 is 15.4 Å². The summed E-state index contributed by atoms with van der Waals surface area (Å²) in [6.07, 6.45) is 4.37. The molecule has 0 aromatic carbocycles. The lowest BCUT2D eigenvalue weighted by Crippen LogP contribution is -2.47. The molecule has 0 amide bonds. The standard InChI is InChI=1S/C16H26N4O.HI/c1-16(2,3)20-15(17-4)19-10-13-7-8-18-14(9-13)21-11-12-5-6-12;/h7-9,12H,5-6,10-11H2,1-4H3,(H2,17,19,20);1H. The van der Waals surface area contributed by atoms with Gasteiger partial charge in [0.15, 0.2) is 5.96 Å². The van der Waals surface area contributed by atoms with Gasteiger partial charge in [-0.3, -0.25) is 4.99 Å². The molecular weight excluding hydrogens is 391 g/mol. The zero-order valence-corrected chi connectivity index (χ0v) is 16.2. The van der Waals surface area contributed by atoms with Crippen LogP contribution in [0.25, 0.3) is 0 Å². The maximum atomic E-state index is 5.70. The molecule has 124 valence electrons. The summed E-state index contributed by atoms with van der Waals surface area (Å²) in [5.41, 5.74) is 1.12. The van der Waals surface area contributed by atoms with Crippen molar-refractivity contribution < 1.29 is 4.74 Å². The Hall–Kier alpha value is -1.05. The molecule has 1 aromatic rings. The van der Waals surface area contributed by atoms with Gasteiger partial charge >= 0.3 is 0 Å². The minimum absolute atomic E-state index is 0. The molecule has 0 atom stereocenters. The molecule has 0 bridgehead atoms. The van der Waals surface area contributed by atoms with E-state index in [1.165, 1.54) is 12.8 Å². The van der Waals surface area contributed by atoms with Gasteiger partial charge in [0.2, 0.25) is 5.88 Å². The summed E-state index contributed by atoms with van der Waals surface area (Å²) in [6, 6.07) is 3.97. The van der Waals surface area contributed by atoms with Gasteiger partial charge in [0.1, 0.15) is 0 Å². The van der Waals surface area contributed by atoms with E-state index in [2.05, 4.69) is 41.4 Å². The fourth-order valence-corrected chi connectivity index (χ4v) is 1.85. The molecule has 0 aliphatic heterocycles. The van der Waals surface area contributed by atoms with Crippen LogP contribution in [-0.2, 0) is 6.54 Å². The Kier molecular flexibility index (Phi) is 7.38. The van der Waals surface area contributed by atoms with E-state index in [0.717, 1.165) is 24.0 Å². The van der Waals surface area contributed by atoms with Crippen LogP contribution in [0.15, 0.2) is 23.3 Å². The molecule has 0 unspecified atom stereocenters. The van der Waals surface area contributed by atoms with Gasteiger partial charge in [-0.2, -0.15) is 0 Å². The molecule has 0 radical (unpaired) electrons. The Morgan fingerprint density at radius 1 is 1.41 bits per heavy atom. The number of rotatable bonds is 5. The van der Waals surface area contributed by atoms with Crippen LogP contribution >= 0.6 is 24.0 Å². The Labute approximate surface area is 150 Å². The zero-order valence-electron chi connectivity index (χ0n) is 13.8.